The van der Waals surface area contributed by atoms with Gasteiger partial charge in [-0.2, -0.15) is 0 Å². The highest BCUT2D eigenvalue weighted by atomic mass is 35.5. The SMILES string of the molecule is Cc1cc(Oc2nccc(C)c2Cl)ccc1C1C(C)C(=O)NC(=O)N1C. The van der Waals surface area contributed by atoms with Gasteiger partial charge in [-0.15, -0.1) is 0 Å². The zero-order chi connectivity index (χ0) is 19.0. The van der Waals surface area contributed by atoms with Crippen LogP contribution in [-0.4, -0.2) is 28.9 Å². The number of nitrogens with zero attached hydrogens (tertiary/aromatic N) is 2. The highest BCUT2D eigenvalue weighted by molar-refractivity contribution is 6.32. The third-order valence-electron chi connectivity index (χ3n) is 4.68. The number of carbonyl (C=O) groups excluding carboxylic acids is 2. The van der Waals surface area contributed by atoms with E-state index in [1.807, 2.05) is 39.0 Å². The Morgan fingerprint density at radius 3 is 2.62 bits per heavy atom. The number of hydrogen-bond donors (Lipinski definition) is 1. The molecule has 1 aliphatic heterocycles. The van der Waals surface area contributed by atoms with E-state index in [-0.39, 0.29) is 17.9 Å². The number of imide groups is 1. The van der Waals surface area contributed by atoms with Crippen molar-refractivity contribution in [2.24, 2.45) is 5.92 Å². The molecule has 7 heteroatoms. The summed E-state index contributed by atoms with van der Waals surface area (Å²) in [6, 6.07) is 6.61. The van der Waals surface area contributed by atoms with Crippen molar-refractivity contribution >= 4 is 23.5 Å². The number of ether oxygens (including phenoxy) is 1. The second-order valence-corrected chi connectivity index (χ2v) is 6.88. The minimum absolute atomic E-state index is 0.270. The molecular formula is C19H20ClN3O3. The first-order valence-corrected chi connectivity index (χ1v) is 8.64. The summed E-state index contributed by atoms with van der Waals surface area (Å²) >= 11 is 6.23. The van der Waals surface area contributed by atoms with Crippen LogP contribution in [0.5, 0.6) is 11.6 Å². The van der Waals surface area contributed by atoms with Crippen molar-refractivity contribution in [2.75, 3.05) is 7.05 Å². The smallest absolute Gasteiger partial charge is 0.324 e. The Hall–Kier alpha value is -2.60. The monoisotopic (exact) mass is 373 g/mol. The summed E-state index contributed by atoms with van der Waals surface area (Å²) in [4.78, 5) is 29.7. The predicted molar refractivity (Wildman–Crippen MR) is 98.4 cm³/mol. The molecule has 0 aliphatic carbocycles. The Morgan fingerprint density at radius 2 is 1.92 bits per heavy atom. The molecule has 2 heterocycles. The quantitative estimate of drug-likeness (QED) is 0.882. The highest BCUT2D eigenvalue weighted by Crippen LogP contribution is 2.36. The van der Waals surface area contributed by atoms with Gasteiger partial charge in [0.2, 0.25) is 11.8 Å². The van der Waals surface area contributed by atoms with E-state index in [9.17, 15) is 9.59 Å². The first-order valence-electron chi connectivity index (χ1n) is 8.26. The van der Waals surface area contributed by atoms with E-state index in [4.69, 9.17) is 16.3 Å². The van der Waals surface area contributed by atoms with E-state index in [1.165, 1.54) is 0 Å². The second kappa shape index (κ2) is 6.96. The standard InChI is InChI=1S/C19H20ClN3O3/c1-10-7-8-21-18(15(10)20)26-13-5-6-14(11(2)9-13)16-12(3)17(24)22-19(25)23(16)4/h5-9,12,16H,1-4H3,(H,22,24,25). The van der Waals surface area contributed by atoms with Gasteiger partial charge in [0.1, 0.15) is 10.8 Å². The van der Waals surface area contributed by atoms with Crippen LogP contribution in [-0.2, 0) is 4.79 Å². The summed E-state index contributed by atoms with van der Waals surface area (Å²) in [6.07, 6.45) is 1.64. The van der Waals surface area contributed by atoms with Crippen molar-refractivity contribution in [3.8, 4) is 11.6 Å². The third-order valence-corrected chi connectivity index (χ3v) is 5.14. The summed E-state index contributed by atoms with van der Waals surface area (Å²) in [5.41, 5.74) is 2.70. The number of carbonyl (C=O) groups is 2. The van der Waals surface area contributed by atoms with Gasteiger partial charge in [0, 0.05) is 13.2 Å². The molecule has 0 radical (unpaired) electrons. The van der Waals surface area contributed by atoms with Gasteiger partial charge >= 0.3 is 6.03 Å². The largest absolute Gasteiger partial charge is 0.438 e. The summed E-state index contributed by atoms with van der Waals surface area (Å²) in [6.45, 7) is 5.61. The number of halogens is 1. The summed E-state index contributed by atoms with van der Waals surface area (Å²) < 4.78 is 5.81. The number of pyridine rings is 1. The van der Waals surface area contributed by atoms with E-state index in [0.29, 0.717) is 16.7 Å². The van der Waals surface area contributed by atoms with Gasteiger partial charge in [-0.25, -0.2) is 9.78 Å². The number of nitrogens with one attached hydrogen (secondary N) is 1. The molecule has 3 rings (SSSR count). The molecule has 136 valence electrons. The van der Waals surface area contributed by atoms with Crippen LogP contribution in [0.4, 0.5) is 4.79 Å². The fraction of sp³-hybridized carbons (Fsp3) is 0.316. The molecule has 0 spiro atoms. The van der Waals surface area contributed by atoms with Gasteiger partial charge in [-0.05, 0) is 48.7 Å². The highest BCUT2D eigenvalue weighted by Gasteiger charge is 2.38. The van der Waals surface area contributed by atoms with Gasteiger partial charge in [0.15, 0.2) is 0 Å². The zero-order valence-corrected chi connectivity index (χ0v) is 15.8. The molecule has 2 unspecified atom stereocenters. The average molecular weight is 374 g/mol. The molecule has 2 aromatic rings. The molecule has 1 saturated heterocycles. The average Bonchev–Trinajstić information content (AvgIpc) is 2.59. The molecule has 6 nitrogen and oxygen atoms in total. The first kappa shape index (κ1) is 18.2. The molecule has 1 aliphatic rings. The Bertz CT molecular complexity index is 864. The molecule has 26 heavy (non-hydrogen) atoms. The van der Waals surface area contributed by atoms with Crippen LogP contribution >= 0.6 is 11.6 Å². The van der Waals surface area contributed by atoms with Crippen LogP contribution in [0.25, 0.3) is 0 Å². The van der Waals surface area contributed by atoms with Crippen LogP contribution in [0.3, 0.4) is 0 Å². The first-order chi connectivity index (χ1) is 12.3. The number of amides is 3. The third kappa shape index (κ3) is 3.24. The molecular weight excluding hydrogens is 354 g/mol. The van der Waals surface area contributed by atoms with Crippen molar-refractivity contribution < 1.29 is 14.3 Å². The second-order valence-electron chi connectivity index (χ2n) is 6.51. The molecule has 1 fully saturated rings. The fourth-order valence-corrected chi connectivity index (χ4v) is 3.28. The zero-order valence-electron chi connectivity index (χ0n) is 15.0. The van der Waals surface area contributed by atoms with Gasteiger partial charge in [-0.1, -0.05) is 24.6 Å². The molecule has 0 bridgehead atoms. The molecule has 2 atom stereocenters. The number of rotatable bonds is 3. The molecule has 0 saturated carbocycles. The van der Waals surface area contributed by atoms with E-state index in [0.717, 1.165) is 16.7 Å². The molecule has 1 aromatic heterocycles. The van der Waals surface area contributed by atoms with Crippen LogP contribution in [0.2, 0.25) is 5.02 Å². The van der Waals surface area contributed by atoms with Crippen molar-refractivity contribution in [1.82, 2.24) is 15.2 Å². The lowest BCUT2D eigenvalue weighted by atomic mass is 9.88. The van der Waals surface area contributed by atoms with Crippen LogP contribution in [0.15, 0.2) is 30.5 Å². The Morgan fingerprint density at radius 1 is 1.19 bits per heavy atom. The van der Waals surface area contributed by atoms with Crippen molar-refractivity contribution in [1.29, 1.82) is 0 Å². The maximum Gasteiger partial charge on any atom is 0.324 e. The molecule has 1 N–H and O–H groups in total. The van der Waals surface area contributed by atoms with Crippen LogP contribution < -0.4 is 10.1 Å². The minimum Gasteiger partial charge on any atom is -0.438 e. The predicted octanol–water partition coefficient (Wildman–Crippen LogP) is 4.00. The number of hydrogen-bond acceptors (Lipinski definition) is 4. The van der Waals surface area contributed by atoms with E-state index < -0.39 is 6.03 Å². The minimum atomic E-state index is -0.395. The number of aromatic nitrogens is 1. The summed E-state index contributed by atoms with van der Waals surface area (Å²) in [5, 5.41) is 2.82. The van der Waals surface area contributed by atoms with Gasteiger partial charge in [0.05, 0.1) is 12.0 Å². The topological polar surface area (TPSA) is 71.5 Å². The Labute approximate surface area is 157 Å². The van der Waals surface area contributed by atoms with Gasteiger partial charge in [-0.3, -0.25) is 10.1 Å². The maximum atomic E-state index is 12.0. The summed E-state index contributed by atoms with van der Waals surface area (Å²) in [7, 11) is 1.68. The van der Waals surface area contributed by atoms with E-state index >= 15 is 0 Å². The van der Waals surface area contributed by atoms with Gasteiger partial charge < -0.3 is 9.64 Å². The lowest BCUT2D eigenvalue weighted by molar-refractivity contribution is -0.127. The Balaban J connectivity index is 1.91. The van der Waals surface area contributed by atoms with Crippen LogP contribution in [0, 0.1) is 19.8 Å². The van der Waals surface area contributed by atoms with E-state index in [2.05, 4.69) is 10.3 Å². The molecule has 3 amide bonds. The normalized spacial score (nSPS) is 20.1. The maximum absolute atomic E-state index is 12.0. The lowest BCUT2D eigenvalue weighted by Crippen LogP contribution is -2.53. The number of aryl methyl sites for hydroxylation is 2. The fourth-order valence-electron chi connectivity index (χ4n) is 3.13. The molecule has 1 aromatic carbocycles. The van der Waals surface area contributed by atoms with Crippen LogP contribution in [0.1, 0.15) is 29.7 Å². The Kier molecular flexibility index (Phi) is 4.87. The van der Waals surface area contributed by atoms with Crippen molar-refractivity contribution in [2.45, 2.75) is 26.8 Å². The number of urea groups is 1. The van der Waals surface area contributed by atoms with E-state index in [1.54, 1.807) is 24.2 Å². The van der Waals surface area contributed by atoms with Crippen molar-refractivity contribution in [3.05, 3.63) is 52.2 Å². The van der Waals surface area contributed by atoms with Crippen molar-refractivity contribution in [3.63, 3.8) is 0 Å². The lowest BCUT2D eigenvalue weighted by Gasteiger charge is -2.37. The number of benzene rings is 1. The van der Waals surface area contributed by atoms with Gasteiger partial charge in [0.25, 0.3) is 0 Å². The summed E-state index contributed by atoms with van der Waals surface area (Å²) in [5.74, 6) is 0.314.